The maximum absolute atomic E-state index is 9.00. The summed E-state index contributed by atoms with van der Waals surface area (Å²) in [5.41, 5.74) is 0. The molecular formula is C8H17NO2. The molecule has 0 saturated carbocycles. The Morgan fingerprint density at radius 3 is 2.91 bits per heavy atom. The highest BCUT2D eigenvalue weighted by molar-refractivity contribution is 4.79. The van der Waals surface area contributed by atoms with Gasteiger partial charge in [0.2, 0.25) is 0 Å². The van der Waals surface area contributed by atoms with Crippen molar-refractivity contribution in [3.8, 4) is 0 Å². The number of aliphatic hydroxyl groups is 1. The molecule has 11 heavy (non-hydrogen) atoms. The Hall–Kier alpha value is -0.120. The first-order chi connectivity index (χ1) is 5.20. The van der Waals surface area contributed by atoms with Crippen molar-refractivity contribution in [3.63, 3.8) is 0 Å². The van der Waals surface area contributed by atoms with Crippen molar-refractivity contribution in [2.24, 2.45) is 0 Å². The summed E-state index contributed by atoms with van der Waals surface area (Å²) in [6, 6.07) is 0.435. The molecule has 3 heteroatoms. The van der Waals surface area contributed by atoms with Crippen molar-refractivity contribution < 1.29 is 9.84 Å². The zero-order chi connectivity index (χ0) is 8.27. The van der Waals surface area contributed by atoms with Gasteiger partial charge in [0.1, 0.15) is 0 Å². The molecule has 3 nitrogen and oxygen atoms in total. The summed E-state index contributed by atoms with van der Waals surface area (Å²) in [5, 5.41) is 12.3. The Morgan fingerprint density at radius 1 is 1.73 bits per heavy atom. The fourth-order valence-electron chi connectivity index (χ4n) is 1.32. The molecule has 1 fully saturated rings. The van der Waals surface area contributed by atoms with Crippen molar-refractivity contribution >= 4 is 0 Å². The van der Waals surface area contributed by atoms with E-state index in [9.17, 15) is 0 Å². The highest BCUT2D eigenvalue weighted by Crippen LogP contribution is 2.11. The van der Waals surface area contributed by atoms with E-state index in [2.05, 4.69) is 12.2 Å². The molecule has 0 aromatic rings. The molecule has 1 saturated heterocycles. The average molecular weight is 159 g/mol. The average Bonchev–Trinajstić information content (AvgIpc) is 2.31. The van der Waals surface area contributed by atoms with Crippen LogP contribution < -0.4 is 5.32 Å². The number of aliphatic hydroxyl groups excluding tert-OH is 1. The van der Waals surface area contributed by atoms with Gasteiger partial charge in [-0.25, -0.2) is 0 Å². The molecule has 0 spiro atoms. The number of ether oxygens (including phenoxy) is 1. The minimum atomic E-state index is -0.261. The smallest absolute Gasteiger partial charge is 0.0700 e. The SMILES string of the molecule is C[C@@H](O)CN[C@H]1CCO[C@@H]1C. The summed E-state index contributed by atoms with van der Waals surface area (Å²) in [6.45, 7) is 5.36. The Bertz CT molecular complexity index is 117. The van der Waals surface area contributed by atoms with E-state index in [0.29, 0.717) is 18.7 Å². The van der Waals surface area contributed by atoms with Gasteiger partial charge in [-0.2, -0.15) is 0 Å². The molecule has 0 amide bonds. The third-order valence-corrected chi connectivity index (χ3v) is 2.05. The van der Waals surface area contributed by atoms with Crippen molar-refractivity contribution in [2.45, 2.75) is 38.5 Å². The van der Waals surface area contributed by atoms with Crippen LogP contribution in [0.2, 0.25) is 0 Å². The number of hydrogen-bond acceptors (Lipinski definition) is 3. The van der Waals surface area contributed by atoms with Gasteiger partial charge in [-0.05, 0) is 20.3 Å². The molecule has 1 heterocycles. The topological polar surface area (TPSA) is 41.5 Å². The van der Waals surface area contributed by atoms with E-state index >= 15 is 0 Å². The van der Waals surface area contributed by atoms with E-state index in [1.807, 2.05) is 0 Å². The standard InChI is InChI=1S/C8H17NO2/c1-6(10)5-9-8-3-4-11-7(8)2/h6-10H,3-5H2,1-2H3/t6-,7-,8+/m1/s1. The van der Waals surface area contributed by atoms with Gasteiger partial charge >= 0.3 is 0 Å². The summed E-state index contributed by atoms with van der Waals surface area (Å²) >= 11 is 0. The molecule has 0 aliphatic carbocycles. The molecule has 3 atom stereocenters. The van der Waals surface area contributed by atoms with E-state index in [1.165, 1.54) is 0 Å². The Morgan fingerprint density at radius 2 is 2.45 bits per heavy atom. The quantitative estimate of drug-likeness (QED) is 0.615. The van der Waals surface area contributed by atoms with Crippen LogP contribution in [-0.2, 0) is 4.74 Å². The van der Waals surface area contributed by atoms with Crippen molar-refractivity contribution in [1.29, 1.82) is 0 Å². The molecule has 0 aromatic heterocycles. The lowest BCUT2D eigenvalue weighted by Crippen LogP contribution is -2.38. The fourth-order valence-corrected chi connectivity index (χ4v) is 1.32. The molecule has 2 N–H and O–H groups in total. The third kappa shape index (κ3) is 2.77. The summed E-state index contributed by atoms with van der Waals surface area (Å²) in [7, 11) is 0. The fraction of sp³-hybridized carbons (Fsp3) is 1.00. The second-order valence-corrected chi connectivity index (χ2v) is 3.23. The minimum absolute atomic E-state index is 0.261. The van der Waals surface area contributed by atoms with Gasteiger partial charge in [0.05, 0.1) is 12.2 Å². The summed E-state index contributed by atoms with van der Waals surface area (Å²) in [6.07, 6.45) is 1.10. The molecule has 66 valence electrons. The Labute approximate surface area is 67.7 Å². The van der Waals surface area contributed by atoms with Crippen molar-refractivity contribution in [3.05, 3.63) is 0 Å². The predicted octanol–water partition coefficient (Wildman–Crippen LogP) is 0.134. The van der Waals surface area contributed by atoms with Crippen LogP contribution in [0.3, 0.4) is 0 Å². The van der Waals surface area contributed by atoms with Crippen LogP contribution in [0.1, 0.15) is 20.3 Å². The second-order valence-electron chi connectivity index (χ2n) is 3.23. The van der Waals surface area contributed by atoms with Crippen LogP contribution in [0.4, 0.5) is 0 Å². The third-order valence-electron chi connectivity index (χ3n) is 2.05. The molecule has 0 bridgehead atoms. The van der Waals surface area contributed by atoms with Gasteiger partial charge in [-0.3, -0.25) is 0 Å². The van der Waals surface area contributed by atoms with Crippen LogP contribution in [0.15, 0.2) is 0 Å². The maximum atomic E-state index is 9.00. The second kappa shape index (κ2) is 4.04. The zero-order valence-corrected chi connectivity index (χ0v) is 7.21. The van der Waals surface area contributed by atoms with Crippen LogP contribution >= 0.6 is 0 Å². The predicted molar refractivity (Wildman–Crippen MR) is 43.5 cm³/mol. The number of hydrogen-bond donors (Lipinski definition) is 2. The first kappa shape index (κ1) is 8.97. The number of rotatable bonds is 3. The molecule has 1 aliphatic heterocycles. The van der Waals surface area contributed by atoms with Crippen LogP contribution in [0, 0.1) is 0 Å². The minimum Gasteiger partial charge on any atom is -0.392 e. The summed E-state index contributed by atoms with van der Waals surface area (Å²) in [4.78, 5) is 0. The zero-order valence-electron chi connectivity index (χ0n) is 7.21. The Balaban J connectivity index is 2.15. The monoisotopic (exact) mass is 159 g/mol. The van der Waals surface area contributed by atoms with Crippen molar-refractivity contribution in [1.82, 2.24) is 5.32 Å². The van der Waals surface area contributed by atoms with E-state index in [0.717, 1.165) is 13.0 Å². The van der Waals surface area contributed by atoms with Crippen LogP contribution in [-0.4, -0.2) is 36.5 Å². The van der Waals surface area contributed by atoms with Gasteiger partial charge in [-0.1, -0.05) is 0 Å². The van der Waals surface area contributed by atoms with E-state index in [-0.39, 0.29) is 6.10 Å². The molecular weight excluding hydrogens is 142 g/mol. The first-order valence-corrected chi connectivity index (χ1v) is 4.23. The molecule has 1 rings (SSSR count). The van der Waals surface area contributed by atoms with Crippen LogP contribution in [0.5, 0.6) is 0 Å². The van der Waals surface area contributed by atoms with Gasteiger partial charge in [0.15, 0.2) is 0 Å². The summed E-state index contributed by atoms with van der Waals surface area (Å²) in [5.74, 6) is 0. The van der Waals surface area contributed by atoms with Gasteiger partial charge in [0, 0.05) is 19.2 Å². The largest absolute Gasteiger partial charge is 0.392 e. The van der Waals surface area contributed by atoms with Crippen LogP contribution in [0.25, 0.3) is 0 Å². The molecule has 0 radical (unpaired) electrons. The lowest BCUT2D eigenvalue weighted by Gasteiger charge is -2.16. The maximum Gasteiger partial charge on any atom is 0.0700 e. The van der Waals surface area contributed by atoms with E-state index < -0.39 is 0 Å². The van der Waals surface area contributed by atoms with Gasteiger partial charge in [0.25, 0.3) is 0 Å². The molecule has 0 aromatic carbocycles. The number of nitrogens with one attached hydrogen (secondary N) is 1. The van der Waals surface area contributed by atoms with E-state index in [1.54, 1.807) is 6.92 Å². The Kier molecular flexibility index (Phi) is 3.30. The lowest BCUT2D eigenvalue weighted by atomic mass is 10.1. The molecule has 1 aliphatic rings. The lowest BCUT2D eigenvalue weighted by molar-refractivity contribution is 0.108. The highest BCUT2D eigenvalue weighted by Gasteiger charge is 2.23. The van der Waals surface area contributed by atoms with E-state index in [4.69, 9.17) is 9.84 Å². The summed E-state index contributed by atoms with van der Waals surface area (Å²) < 4.78 is 5.35. The highest BCUT2D eigenvalue weighted by atomic mass is 16.5. The van der Waals surface area contributed by atoms with Gasteiger partial charge in [-0.15, -0.1) is 0 Å². The van der Waals surface area contributed by atoms with Gasteiger partial charge < -0.3 is 15.2 Å². The first-order valence-electron chi connectivity index (χ1n) is 4.23. The van der Waals surface area contributed by atoms with Crippen molar-refractivity contribution in [2.75, 3.05) is 13.2 Å². The normalized spacial score (nSPS) is 34.1. The molecule has 0 unspecified atom stereocenters.